The van der Waals surface area contributed by atoms with Crippen molar-refractivity contribution in [2.45, 2.75) is 24.2 Å². The number of hydrogen-bond donors (Lipinski definition) is 4. The number of rotatable bonds is 8. The van der Waals surface area contributed by atoms with Crippen molar-refractivity contribution < 1.29 is 13.2 Å². The number of amides is 1. The SMILES string of the molecule is CNS(=O)(=O)c1ccc(NCCCCC(N)=O)cc1N. The van der Waals surface area contributed by atoms with Gasteiger partial charge >= 0.3 is 0 Å². The van der Waals surface area contributed by atoms with E-state index in [4.69, 9.17) is 11.5 Å². The third kappa shape index (κ3) is 4.71. The van der Waals surface area contributed by atoms with Crippen LogP contribution in [0.2, 0.25) is 0 Å². The fourth-order valence-corrected chi connectivity index (χ4v) is 2.51. The average molecular weight is 300 g/mol. The van der Waals surface area contributed by atoms with Gasteiger partial charge < -0.3 is 16.8 Å². The van der Waals surface area contributed by atoms with Crippen molar-refractivity contribution >= 4 is 27.3 Å². The van der Waals surface area contributed by atoms with Crippen molar-refractivity contribution in [3.63, 3.8) is 0 Å². The highest BCUT2D eigenvalue weighted by molar-refractivity contribution is 7.89. The number of carbonyl (C=O) groups excluding carboxylic acids is 1. The smallest absolute Gasteiger partial charge is 0.242 e. The monoisotopic (exact) mass is 300 g/mol. The van der Waals surface area contributed by atoms with Crippen LogP contribution >= 0.6 is 0 Å². The maximum absolute atomic E-state index is 11.6. The molecule has 1 aromatic rings. The van der Waals surface area contributed by atoms with Gasteiger partial charge in [-0.2, -0.15) is 0 Å². The van der Waals surface area contributed by atoms with Gasteiger partial charge in [0.15, 0.2) is 0 Å². The molecule has 0 fully saturated rings. The summed E-state index contributed by atoms with van der Waals surface area (Å²) in [5.41, 5.74) is 11.7. The van der Waals surface area contributed by atoms with E-state index in [0.29, 0.717) is 19.4 Å². The normalized spacial score (nSPS) is 11.2. The van der Waals surface area contributed by atoms with E-state index in [1.165, 1.54) is 13.1 Å². The average Bonchev–Trinajstić information content (AvgIpc) is 2.37. The number of nitrogen functional groups attached to an aromatic ring is 1. The van der Waals surface area contributed by atoms with E-state index < -0.39 is 10.0 Å². The quantitative estimate of drug-likeness (QED) is 0.404. The van der Waals surface area contributed by atoms with Gasteiger partial charge in [0.05, 0.1) is 5.69 Å². The van der Waals surface area contributed by atoms with E-state index in [1.54, 1.807) is 12.1 Å². The molecule has 0 spiro atoms. The minimum absolute atomic E-state index is 0.0549. The fourth-order valence-electron chi connectivity index (χ4n) is 1.67. The van der Waals surface area contributed by atoms with Crippen LogP contribution in [0.3, 0.4) is 0 Å². The fraction of sp³-hybridized carbons (Fsp3) is 0.417. The number of carbonyl (C=O) groups is 1. The number of benzene rings is 1. The lowest BCUT2D eigenvalue weighted by molar-refractivity contribution is -0.118. The Balaban J connectivity index is 2.58. The van der Waals surface area contributed by atoms with E-state index in [2.05, 4.69) is 10.0 Å². The molecular formula is C12H20N4O3S. The van der Waals surface area contributed by atoms with Crippen molar-refractivity contribution in [3.05, 3.63) is 18.2 Å². The van der Waals surface area contributed by atoms with Gasteiger partial charge in [-0.25, -0.2) is 13.1 Å². The molecule has 0 aromatic heterocycles. The van der Waals surface area contributed by atoms with Gasteiger partial charge in [0.2, 0.25) is 15.9 Å². The molecule has 0 atom stereocenters. The van der Waals surface area contributed by atoms with Crippen molar-refractivity contribution in [1.29, 1.82) is 0 Å². The Hall–Kier alpha value is -1.80. The van der Waals surface area contributed by atoms with Gasteiger partial charge in [-0.3, -0.25) is 4.79 Å². The Morgan fingerprint density at radius 2 is 2.00 bits per heavy atom. The Morgan fingerprint density at radius 1 is 1.30 bits per heavy atom. The molecule has 20 heavy (non-hydrogen) atoms. The van der Waals surface area contributed by atoms with Crippen LogP contribution in [0.25, 0.3) is 0 Å². The molecule has 6 N–H and O–H groups in total. The predicted molar refractivity (Wildman–Crippen MR) is 78.6 cm³/mol. The van der Waals surface area contributed by atoms with Crippen molar-refractivity contribution in [2.24, 2.45) is 5.73 Å². The van der Waals surface area contributed by atoms with E-state index in [1.807, 2.05) is 0 Å². The summed E-state index contributed by atoms with van der Waals surface area (Å²) in [6.07, 6.45) is 1.87. The molecule has 0 bridgehead atoms. The minimum atomic E-state index is -3.54. The van der Waals surface area contributed by atoms with Gasteiger partial charge in [0.1, 0.15) is 4.90 Å². The number of unbranched alkanes of at least 4 members (excludes halogenated alkanes) is 1. The van der Waals surface area contributed by atoms with Crippen molar-refractivity contribution in [1.82, 2.24) is 4.72 Å². The zero-order valence-corrected chi connectivity index (χ0v) is 12.2. The number of sulfonamides is 1. The van der Waals surface area contributed by atoms with E-state index in [9.17, 15) is 13.2 Å². The van der Waals surface area contributed by atoms with Crippen LogP contribution in [0.1, 0.15) is 19.3 Å². The largest absolute Gasteiger partial charge is 0.398 e. The lowest BCUT2D eigenvalue weighted by atomic mass is 10.2. The summed E-state index contributed by atoms with van der Waals surface area (Å²) in [4.78, 5) is 10.6. The van der Waals surface area contributed by atoms with Gasteiger partial charge in [0, 0.05) is 18.7 Å². The zero-order valence-electron chi connectivity index (χ0n) is 11.3. The van der Waals surface area contributed by atoms with Crippen molar-refractivity contribution in [3.8, 4) is 0 Å². The molecule has 0 heterocycles. The van der Waals surface area contributed by atoms with Crippen LogP contribution in [0.4, 0.5) is 11.4 Å². The topological polar surface area (TPSA) is 127 Å². The summed E-state index contributed by atoms with van der Waals surface area (Å²) in [5.74, 6) is -0.309. The second-order valence-electron chi connectivity index (χ2n) is 4.31. The molecule has 0 radical (unpaired) electrons. The molecule has 7 nitrogen and oxygen atoms in total. The lowest BCUT2D eigenvalue weighted by Crippen LogP contribution is -2.20. The summed E-state index contributed by atoms with van der Waals surface area (Å²) in [6, 6.07) is 4.67. The third-order valence-corrected chi connectivity index (χ3v) is 4.24. The maximum Gasteiger partial charge on any atom is 0.242 e. The van der Waals surface area contributed by atoms with Crippen LogP contribution < -0.4 is 21.5 Å². The standard InChI is InChI=1S/C12H20N4O3S/c1-15-20(18,19)11-6-5-9(8-10(11)13)16-7-3-2-4-12(14)17/h5-6,8,15-16H,2-4,7,13H2,1H3,(H2,14,17). The first kappa shape index (κ1) is 16.3. The Bertz CT molecular complexity index is 572. The van der Waals surface area contributed by atoms with Crippen LogP contribution in [0.5, 0.6) is 0 Å². The molecule has 0 unspecified atom stereocenters. The molecule has 8 heteroatoms. The number of nitrogens with two attached hydrogens (primary N) is 2. The molecule has 0 aliphatic carbocycles. The van der Waals surface area contributed by atoms with Crippen LogP contribution in [-0.2, 0) is 14.8 Å². The highest BCUT2D eigenvalue weighted by Crippen LogP contribution is 2.22. The first-order chi connectivity index (χ1) is 9.36. The molecule has 0 saturated carbocycles. The number of anilines is 2. The third-order valence-electron chi connectivity index (χ3n) is 2.75. The van der Waals surface area contributed by atoms with E-state index in [0.717, 1.165) is 12.1 Å². The number of nitrogens with one attached hydrogen (secondary N) is 2. The Labute approximate surface area is 118 Å². The summed E-state index contributed by atoms with van der Waals surface area (Å²) >= 11 is 0. The molecule has 1 amide bonds. The van der Waals surface area contributed by atoms with Gasteiger partial charge in [-0.15, -0.1) is 0 Å². The van der Waals surface area contributed by atoms with Crippen LogP contribution in [-0.4, -0.2) is 27.9 Å². The van der Waals surface area contributed by atoms with Gasteiger partial charge in [-0.1, -0.05) is 0 Å². The second kappa shape index (κ2) is 7.11. The highest BCUT2D eigenvalue weighted by atomic mass is 32.2. The van der Waals surface area contributed by atoms with E-state index in [-0.39, 0.29) is 16.5 Å². The number of hydrogen-bond acceptors (Lipinski definition) is 5. The second-order valence-corrected chi connectivity index (χ2v) is 6.17. The molecular weight excluding hydrogens is 280 g/mol. The Kier molecular flexibility index (Phi) is 5.78. The maximum atomic E-state index is 11.6. The zero-order chi connectivity index (χ0) is 15.2. The molecule has 0 aliphatic heterocycles. The predicted octanol–water partition coefficient (Wildman–Crippen LogP) is 0.244. The van der Waals surface area contributed by atoms with Gasteiger partial charge in [0.25, 0.3) is 0 Å². The summed E-state index contributed by atoms with van der Waals surface area (Å²) in [7, 11) is -2.21. The molecule has 1 aromatic carbocycles. The lowest BCUT2D eigenvalue weighted by Gasteiger charge is -2.10. The van der Waals surface area contributed by atoms with Gasteiger partial charge in [-0.05, 0) is 38.1 Å². The summed E-state index contributed by atoms with van der Waals surface area (Å²) in [5, 5.41) is 3.11. The first-order valence-electron chi connectivity index (χ1n) is 6.22. The summed E-state index contributed by atoms with van der Waals surface area (Å²) < 4.78 is 25.5. The Morgan fingerprint density at radius 3 is 2.55 bits per heavy atom. The van der Waals surface area contributed by atoms with E-state index >= 15 is 0 Å². The first-order valence-corrected chi connectivity index (χ1v) is 7.70. The summed E-state index contributed by atoms with van der Waals surface area (Å²) in [6.45, 7) is 0.658. The molecule has 0 saturated heterocycles. The minimum Gasteiger partial charge on any atom is -0.398 e. The molecule has 1 rings (SSSR count). The van der Waals surface area contributed by atoms with Crippen LogP contribution in [0, 0.1) is 0 Å². The number of primary amides is 1. The molecule has 0 aliphatic rings. The van der Waals surface area contributed by atoms with Crippen LogP contribution in [0.15, 0.2) is 23.1 Å². The highest BCUT2D eigenvalue weighted by Gasteiger charge is 2.14. The molecule has 112 valence electrons. The van der Waals surface area contributed by atoms with Crippen molar-refractivity contribution in [2.75, 3.05) is 24.6 Å².